The summed E-state index contributed by atoms with van der Waals surface area (Å²) in [5.41, 5.74) is 1.98. The molecule has 0 aliphatic heterocycles. The average molecular weight is 346 g/mol. The van der Waals surface area contributed by atoms with Crippen LogP contribution in [0.3, 0.4) is 0 Å². The number of aliphatic hydroxyl groups excluding tert-OH is 1. The normalized spacial score (nSPS) is 10.8. The molecule has 124 valence electrons. The average Bonchev–Trinajstić information content (AvgIpc) is 2.91. The van der Waals surface area contributed by atoms with Crippen LogP contribution in [0.15, 0.2) is 46.9 Å². The van der Waals surface area contributed by atoms with E-state index in [0.29, 0.717) is 22.0 Å². The molecule has 1 heterocycles. The van der Waals surface area contributed by atoms with Crippen LogP contribution in [0.25, 0.3) is 11.0 Å². The molecule has 0 bridgehead atoms. The number of furan rings is 1. The number of anilines is 1. The fourth-order valence-electron chi connectivity index (χ4n) is 2.40. The number of ether oxygens (including phenoxy) is 1. The summed E-state index contributed by atoms with van der Waals surface area (Å²) in [4.78, 5) is 12.4. The first kappa shape index (κ1) is 16.4. The molecule has 0 radical (unpaired) electrons. The largest absolute Gasteiger partial charge is 0.491 e. The van der Waals surface area contributed by atoms with Gasteiger partial charge in [-0.3, -0.25) is 4.79 Å². The molecule has 0 atom stereocenters. The molecule has 0 saturated carbocycles. The van der Waals surface area contributed by atoms with Gasteiger partial charge in [-0.15, -0.1) is 0 Å². The van der Waals surface area contributed by atoms with Gasteiger partial charge in [0, 0.05) is 21.7 Å². The van der Waals surface area contributed by atoms with Gasteiger partial charge in [-0.25, -0.2) is 0 Å². The van der Waals surface area contributed by atoms with E-state index in [4.69, 9.17) is 25.9 Å². The first-order chi connectivity index (χ1) is 11.6. The first-order valence-electron chi connectivity index (χ1n) is 7.42. The number of halogens is 1. The summed E-state index contributed by atoms with van der Waals surface area (Å²) in [5, 5.41) is 12.9. The highest BCUT2D eigenvalue weighted by Gasteiger charge is 2.18. The van der Waals surface area contributed by atoms with Crippen LogP contribution in [-0.4, -0.2) is 24.2 Å². The molecule has 1 amide bonds. The second-order valence-electron chi connectivity index (χ2n) is 5.25. The third-order valence-corrected chi connectivity index (χ3v) is 3.81. The lowest BCUT2D eigenvalue weighted by Crippen LogP contribution is -2.12. The van der Waals surface area contributed by atoms with Crippen LogP contribution >= 0.6 is 11.6 Å². The number of benzene rings is 2. The zero-order chi connectivity index (χ0) is 17.1. The van der Waals surface area contributed by atoms with E-state index in [1.807, 2.05) is 6.92 Å². The molecule has 1 aromatic heterocycles. The molecule has 2 N–H and O–H groups in total. The number of hydrogen-bond acceptors (Lipinski definition) is 4. The molecule has 0 spiro atoms. The number of carbonyl (C=O) groups is 1. The number of rotatable bonds is 5. The van der Waals surface area contributed by atoms with E-state index in [2.05, 4.69) is 5.32 Å². The predicted octanol–water partition coefficient (Wildman–Crippen LogP) is 4.02. The predicted molar refractivity (Wildman–Crippen MR) is 92.9 cm³/mol. The Bertz CT molecular complexity index is 871. The minimum absolute atomic E-state index is 0.0478. The Hall–Kier alpha value is -2.50. The number of aliphatic hydroxyl groups is 1. The smallest absolute Gasteiger partial charge is 0.291 e. The first-order valence-corrected chi connectivity index (χ1v) is 7.80. The van der Waals surface area contributed by atoms with Gasteiger partial charge in [-0.1, -0.05) is 11.6 Å². The van der Waals surface area contributed by atoms with Crippen molar-refractivity contribution in [1.29, 1.82) is 0 Å². The Balaban J connectivity index is 1.78. The molecule has 0 unspecified atom stereocenters. The summed E-state index contributed by atoms with van der Waals surface area (Å²) in [5.74, 6) is 0.549. The van der Waals surface area contributed by atoms with Gasteiger partial charge in [-0.2, -0.15) is 0 Å². The summed E-state index contributed by atoms with van der Waals surface area (Å²) >= 11 is 5.99. The number of hydrogen-bond donors (Lipinski definition) is 2. The molecule has 3 aromatic rings. The summed E-state index contributed by atoms with van der Waals surface area (Å²) in [6.45, 7) is 2.00. The zero-order valence-corrected chi connectivity index (χ0v) is 13.8. The van der Waals surface area contributed by atoms with Crippen LogP contribution < -0.4 is 10.1 Å². The number of amides is 1. The lowest BCUT2D eigenvalue weighted by Gasteiger charge is -2.07. The molecule has 24 heavy (non-hydrogen) atoms. The third kappa shape index (κ3) is 3.37. The molecule has 2 aromatic carbocycles. The lowest BCUT2D eigenvalue weighted by molar-refractivity contribution is 0.0998. The van der Waals surface area contributed by atoms with Crippen molar-refractivity contribution in [3.8, 4) is 5.75 Å². The van der Waals surface area contributed by atoms with Crippen LogP contribution in [0, 0.1) is 6.92 Å². The van der Waals surface area contributed by atoms with Crippen molar-refractivity contribution in [2.75, 3.05) is 18.5 Å². The highest BCUT2D eigenvalue weighted by Crippen LogP contribution is 2.28. The van der Waals surface area contributed by atoms with Crippen molar-refractivity contribution in [2.24, 2.45) is 0 Å². The van der Waals surface area contributed by atoms with E-state index < -0.39 is 0 Å². The van der Waals surface area contributed by atoms with E-state index in [1.165, 1.54) is 0 Å². The summed E-state index contributed by atoms with van der Waals surface area (Å²) in [7, 11) is 0. The van der Waals surface area contributed by atoms with Gasteiger partial charge in [0.05, 0.1) is 6.61 Å². The van der Waals surface area contributed by atoms with Gasteiger partial charge in [0.1, 0.15) is 17.9 Å². The molecule has 3 rings (SSSR count). The second kappa shape index (κ2) is 6.95. The SMILES string of the molecule is Cc1c(C(=O)Nc2ccc(OCCO)cc2)oc2ccc(Cl)cc12. The minimum Gasteiger partial charge on any atom is -0.491 e. The molecular formula is C18H16ClNO4. The van der Waals surface area contributed by atoms with Crippen LogP contribution in [0.1, 0.15) is 16.1 Å². The standard InChI is InChI=1S/C18H16ClNO4/c1-11-15-10-12(19)2-7-16(15)24-17(11)18(22)20-13-3-5-14(6-4-13)23-9-8-21/h2-7,10,21H,8-9H2,1H3,(H,20,22). The van der Waals surface area contributed by atoms with Gasteiger partial charge >= 0.3 is 0 Å². The molecule has 0 aliphatic rings. The fraction of sp³-hybridized carbons (Fsp3) is 0.167. The van der Waals surface area contributed by atoms with Crippen molar-refractivity contribution in [2.45, 2.75) is 6.92 Å². The van der Waals surface area contributed by atoms with Gasteiger partial charge in [0.2, 0.25) is 0 Å². The third-order valence-electron chi connectivity index (χ3n) is 3.58. The Kier molecular flexibility index (Phi) is 4.74. The Labute approximate surface area is 143 Å². The second-order valence-corrected chi connectivity index (χ2v) is 5.68. The van der Waals surface area contributed by atoms with Crippen LogP contribution in [-0.2, 0) is 0 Å². The Morgan fingerprint density at radius 2 is 2.00 bits per heavy atom. The van der Waals surface area contributed by atoms with Gasteiger partial charge in [-0.05, 0) is 49.4 Å². The molecular weight excluding hydrogens is 330 g/mol. The molecule has 0 fully saturated rings. The highest BCUT2D eigenvalue weighted by atomic mass is 35.5. The maximum absolute atomic E-state index is 12.4. The number of nitrogens with one attached hydrogen (secondary N) is 1. The summed E-state index contributed by atoms with van der Waals surface area (Å²) in [6, 6.07) is 12.1. The van der Waals surface area contributed by atoms with Gasteiger partial charge in [0.25, 0.3) is 5.91 Å². The van der Waals surface area contributed by atoms with Gasteiger partial charge < -0.3 is 19.6 Å². The Morgan fingerprint density at radius 1 is 1.25 bits per heavy atom. The fourth-order valence-corrected chi connectivity index (χ4v) is 2.57. The summed E-state index contributed by atoms with van der Waals surface area (Å²) in [6.07, 6.45) is 0. The summed E-state index contributed by atoms with van der Waals surface area (Å²) < 4.78 is 10.9. The quantitative estimate of drug-likeness (QED) is 0.732. The van der Waals surface area contributed by atoms with Crippen molar-refractivity contribution >= 4 is 34.2 Å². The molecule has 5 nitrogen and oxygen atoms in total. The molecule has 0 saturated heterocycles. The van der Waals surface area contributed by atoms with Crippen LogP contribution in [0.5, 0.6) is 5.75 Å². The highest BCUT2D eigenvalue weighted by molar-refractivity contribution is 6.31. The monoisotopic (exact) mass is 345 g/mol. The molecule has 6 heteroatoms. The Morgan fingerprint density at radius 3 is 2.71 bits per heavy atom. The van der Waals surface area contributed by atoms with Crippen molar-refractivity contribution in [3.05, 3.63) is 58.8 Å². The van der Waals surface area contributed by atoms with Gasteiger partial charge in [0.15, 0.2) is 5.76 Å². The zero-order valence-electron chi connectivity index (χ0n) is 13.0. The minimum atomic E-state index is -0.330. The van der Waals surface area contributed by atoms with E-state index in [0.717, 1.165) is 10.9 Å². The van der Waals surface area contributed by atoms with E-state index in [-0.39, 0.29) is 24.9 Å². The van der Waals surface area contributed by atoms with E-state index in [9.17, 15) is 4.79 Å². The van der Waals surface area contributed by atoms with Crippen molar-refractivity contribution in [1.82, 2.24) is 0 Å². The van der Waals surface area contributed by atoms with E-state index >= 15 is 0 Å². The number of carbonyl (C=O) groups excluding carboxylic acids is 1. The maximum atomic E-state index is 12.4. The van der Waals surface area contributed by atoms with E-state index in [1.54, 1.807) is 42.5 Å². The number of aryl methyl sites for hydroxylation is 1. The molecule has 0 aliphatic carbocycles. The van der Waals surface area contributed by atoms with Crippen molar-refractivity contribution < 1.29 is 19.1 Å². The van der Waals surface area contributed by atoms with Crippen LogP contribution in [0.4, 0.5) is 5.69 Å². The number of fused-ring (bicyclic) bond motifs is 1. The van der Waals surface area contributed by atoms with Crippen LogP contribution in [0.2, 0.25) is 5.02 Å². The maximum Gasteiger partial charge on any atom is 0.291 e. The topological polar surface area (TPSA) is 71.7 Å². The lowest BCUT2D eigenvalue weighted by atomic mass is 10.1. The van der Waals surface area contributed by atoms with Crippen molar-refractivity contribution in [3.63, 3.8) is 0 Å².